The Labute approximate surface area is 140 Å². The van der Waals surface area contributed by atoms with E-state index in [0.717, 1.165) is 0 Å². The fourth-order valence-electron chi connectivity index (χ4n) is 1.82. The van der Waals surface area contributed by atoms with Gasteiger partial charge in [-0.2, -0.15) is 0 Å². The minimum Gasteiger partial charge on any atom is -0.460 e. The van der Waals surface area contributed by atoms with Gasteiger partial charge in [0.25, 0.3) is 0 Å². The molecular weight excluding hydrogens is 328 g/mol. The SMILES string of the molecule is C=CCNC(=O)/C=C/c1ccc(CNS(=O)(=O)c2ccccc2)o1. The molecule has 0 aliphatic rings. The smallest absolute Gasteiger partial charge is 0.244 e. The third-order valence-corrected chi connectivity index (χ3v) is 4.41. The van der Waals surface area contributed by atoms with E-state index in [2.05, 4.69) is 16.6 Å². The maximum Gasteiger partial charge on any atom is 0.244 e. The van der Waals surface area contributed by atoms with Crippen molar-refractivity contribution in [2.75, 3.05) is 6.54 Å². The van der Waals surface area contributed by atoms with Crippen LogP contribution in [-0.2, 0) is 21.4 Å². The summed E-state index contributed by atoms with van der Waals surface area (Å²) in [5.74, 6) is 0.635. The predicted octanol–water partition coefficient (Wildman–Crippen LogP) is 2.07. The number of hydrogen-bond acceptors (Lipinski definition) is 4. The minimum absolute atomic E-state index is 0.0216. The molecule has 126 valence electrons. The predicted molar refractivity (Wildman–Crippen MR) is 91.4 cm³/mol. The number of nitrogens with one attached hydrogen (secondary N) is 2. The third-order valence-electron chi connectivity index (χ3n) is 2.99. The van der Waals surface area contributed by atoms with E-state index in [4.69, 9.17) is 4.42 Å². The minimum atomic E-state index is -3.59. The second-order valence-corrected chi connectivity index (χ2v) is 6.58. The Kier molecular flexibility index (Phi) is 6.11. The van der Waals surface area contributed by atoms with Crippen molar-refractivity contribution in [3.63, 3.8) is 0 Å². The molecule has 0 fully saturated rings. The molecule has 1 heterocycles. The molecule has 2 aromatic rings. The maximum absolute atomic E-state index is 12.1. The molecule has 6 nitrogen and oxygen atoms in total. The lowest BCUT2D eigenvalue weighted by Crippen LogP contribution is -2.22. The van der Waals surface area contributed by atoms with Gasteiger partial charge in [0.2, 0.25) is 15.9 Å². The Morgan fingerprint density at radius 1 is 1.17 bits per heavy atom. The Bertz CT molecular complexity index is 823. The monoisotopic (exact) mass is 346 g/mol. The quantitative estimate of drug-likeness (QED) is 0.566. The van der Waals surface area contributed by atoms with Crippen LogP contribution >= 0.6 is 0 Å². The highest BCUT2D eigenvalue weighted by Crippen LogP contribution is 2.12. The molecule has 0 saturated carbocycles. The molecular formula is C17H18N2O4S. The first kappa shape index (κ1) is 17.7. The third kappa shape index (κ3) is 5.22. The first-order valence-corrected chi connectivity index (χ1v) is 8.70. The van der Waals surface area contributed by atoms with E-state index in [0.29, 0.717) is 18.1 Å². The van der Waals surface area contributed by atoms with Gasteiger partial charge in [-0.05, 0) is 30.3 Å². The van der Waals surface area contributed by atoms with Crippen LogP contribution in [0.1, 0.15) is 11.5 Å². The van der Waals surface area contributed by atoms with Gasteiger partial charge in [-0.1, -0.05) is 24.3 Å². The van der Waals surface area contributed by atoms with Crippen molar-refractivity contribution < 1.29 is 17.6 Å². The highest BCUT2D eigenvalue weighted by molar-refractivity contribution is 7.89. The maximum atomic E-state index is 12.1. The van der Waals surface area contributed by atoms with Crippen molar-refractivity contribution in [2.24, 2.45) is 0 Å². The number of carbonyl (C=O) groups excluding carboxylic acids is 1. The summed E-state index contributed by atoms with van der Waals surface area (Å²) in [6, 6.07) is 11.4. The van der Waals surface area contributed by atoms with Crippen LogP contribution in [0.25, 0.3) is 6.08 Å². The van der Waals surface area contributed by atoms with Crippen molar-refractivity contribution in [1.82, 2.24) is 10.0 Å². The van der Waals surface area contributed by atoms with E-state index < -0.39 is 10.0 Å². The molecule has 0 radical (unpaired) electrons. The van der Waals surface area contributed by atoms with Crippen LogP contribution < -0.4 is 10.0 Å². The van der Waals surface area contributed by atoms with Crippen molar-refractivity contribution in [3.05, 3.63) is 72.7 Å². The summed E-state index contributed by atoms with van der Waals surface area (Å²) in [7, 11) is -3.59. The topological polar surface area (TPSA) is 88.4 Å². The van der Waals surface area contributed by atoms with Crippen LogP contribution in [0.15, 0.2) is 70.5 Å². The summed E-state index contributed by atoms with van der Waals surface area (Å²) in [4.78, 5) is 11.6. The van der Waals surface area contributed by atoms with Gasteiger partial charge in [-0.15, -0.1) is 6.58 Å². The van der Waals surface area contributed by atoms with Gasteiger partial charge in [0.15, 0.2) is 0 Å². The highest BCUT2D eigenvalue weighted by Gasteiger charge is 2.13. The molecule has 0 unspecified atom stereocenters. The van der Waals surface area contributed by atoms with Gasteiger partial charge in [0, 0.05) is 12.6 Å². The highest BCUT2D eigenvalue weighted by atomic mass is 32.2. The van der Waals surface area contributed by atoms with Gasteiger partial charge in [0.1, 0.15) is 11.5 Å². The summed E-state index contributed by atoms with van der Waals surface area (Å²) < 4.78 is 32.1. The summed E-state index contributed by atoms with van der Waals surface area (Å²) in [5.41, 5.74) is 0. The van der Waals surface area contributed by atoms with Gasteiger partial charge < -0.3 is 9.73 Å². The number of rotatable bonds is 8. The van der Waals surface area contributed by atoms with Crippen molar-refractivity contribution >= 4 is 22.0 Å². The molecule has 2 rings (SSSR count). The van der Waals surface area contributed by atoms with Gasteiger partial charge in [-0.3, -0.25) is 4.79 Å². The standard InChI is InChI=1S/C17H18N2O4S/c1-2-12-18-17(20)11-10-14-8-9-15(23-14)13-19-24(21,22)16-6-4-3-5-7-16/h2-11,19H,1,12-13H2,(H,18,20)/b11-10+. The van der Waals surface area contributed by atoms with Crippen molar-refractivity contribution in [3.8, 4) is 0 Å². The molecule has 2 N–H and O–H groups in total. The van der Waals surface area contributed by atoms with E-state index >= 15 is 0 Å². The fraction of sp³-hybridized carbons (Fsp3) is 0.118. The second-order valence-electron chi connectivity index (χ2n) is 4.81. The first-order chi connectivity index (χ1) is 11.5. The van der Waals surface area contributed by atoms with Gasteiger partial charge in [-0.25, -0.2) is 13.1 Å². The molecule has 0 bridgehead atoms. The van der Waals surface area contributed by atoms with Crippen molar-refractivity contribution in [2.45, 2.75) is 11.4 Å². The van der Waals surface area contributed by atoms with E-state index in [1.54, 1.807) is 36.4 Å². The van der Waals surface area contributed by atoms with Crippen LogP contribution in [0.3, 0.4) is 0 Å². The molecule has 7 heteroatoms. The van der Waals surface area contributed by atoms with E-state index in [9.17, 15) is 13.2 Å². The Balaban J connectivity index is 1.93. The zero-order valence-corrected chi connectivity index (χ0v) is 13.8. The van der Waals surface area contributed by atoms with Crippen LogP contribution in [-0.4, -0.2) is 20.9 Å². The normalized spacial score (nSPS) is 11.5. The van der Waals surface area contributed by atoms with E-state index in [1.807, 2.05) is 0 Å². The summed E-state index contributed by atoms with van der Waals surface area (Å²) in [6.07, 6.45) is 4.42. The lowest BCUT2D eigenvalue weighted by molar-refractivity contribution is -0.116. The molecule has 1 aromatic heterocycles. The second kappa shape index (κ2) is 8.28. The average Bonchev–Trinajstić information content (AvgIpc) is 3.05. The van der Waals surface area contributed by atoms with Crippen molar-refractivity contribution in [1.29, 1.82) is 0 Å². The molecule has 0 atom stereocenters. The zero-order valence-electron chi connectivity index (χ0n) is 12.9. The number of sulfonamides is 1. The Morgan fingerprint density at radius 3 is 2.62 bits per heavy atom. The zero-order chi connectivity index (χ0) is 17.4. The van der Waals surface area contributed by atoms with Crippen LogP contribution in [0.4, 0.5) is 0 Å². The molecule has 0 aliphatic carbocycles. The molecule has 24 heavy (non-hydrogen) atoms. The van der Waals surface area contributed by atoms with Gasteiger partial charge in [0.05, 0.1) is 11.4 Å². The average molecular weight is 346 g/mol. The molecule has 0 saturated heterocycles. The lowest BCUT2D eigenvalue weighted by atomic mass is 10.3. The molecule has 1 amide bonds. The Hall–Kier alpha value is -2.64. The molecule has 0 aliphatic heterocycles. The van der Waals surface area contributed by atoms with Crippen LogP contribution in [0.5, 0.6) is 0 Å². The van der Waals surface area contributed by atoms with Gasteiger partial charge >= 0.3 is 0 Å². The number of hydrogen-bond donors (Lipinski definition) is 2. The van der Waals surface area contributed by atoms with Crippen LogP contribution in [0.2, 0.25) is 0 Å². The Morgan fingerprint density at radius 2 is 1.92 bits per heavy atom. The van der Waals surface area contributed by atoms with E-state index in [1.165, 1.54) is 24.3 Å². The number of benzene rings is 1. The molecule has 1 aromatic carbocycles. The molecule has 0 spiro atoms. The number of amides is 1. The lowest BCUT2D eigenvalue weighted by Gasteiger charge is -2.04. The summed E-state index contributed by atoms with van der Waals surface area (Å²) >= 11 is 0. The summed E-state index contributed by atoms with van der Waals surface area (Å²) in [6.45, 7) is 3.91. The number of carbonyl (C=O) groups is 1. The first-order valence-electron chi connectivity index (χ1n) is 7.21. The largest absolute Gasteiger partial charge is 0.460 e. The van der Waals surface area contributed by atoms with E-state index in [-0.39, 0.29) is 17.3 Å². The number of furan rings is 1. The fourth-order valence-corrected chi connectivity index (χ4v) is 2.83. The summed E-state index contributed by atoms with van der Waals surface area (Å²) in [5, 5.41) is 2.60. The van der Waals surface area contributed by atoms with Crippen LogP contribution in [0, 0.1) is 0 Å².